The summed E-state index contributed by atoms with van der Waals surface area (Å²) in [6.07, 6.45) is 0.281. The number of para-hydroxylation sites is 1. The van der Waals surface area contributed by atoms with Crippen molar-refractivity contribution in [3.8, 4) is 5.75 Å². The van der Waals surface area contributed by atoms with E-state index in [1.54, 1.807) is 12.1 Å². The van der Waals surface area contributed by atoms with Gasteiger partial charge in [-0.25, -0.2) is 9.09 Å². The Morgan fingerprint density at radius 2 is 2.13 bits per heavy atom. The standard InChI is InChI=1S/C9H11O5P/c10-15(11,12)14-9-6-5-7-3-1-2-4-8(7)13-9/h1-4,9H,5-6H2,(H2,10,11,12). The molecule has 1 heterocycles. The van der Waals surface area contributed by atoms with Gasteiger partial charge in [-0.1, -0.05) is 18.2 Å². The van der Waals surface area contributed by atoms with Gasteiger partial charge in [-0.2, -0.15) is 0 Å². The minimum absolute atomic E-state index is 0.447. The molecule has 1 unspecified atom stereocenters. The number of ether oxygens (including phenoxy) is 1. The van der Waals surface area contributed by atoms with Crippen LogP contribution in [0.1, 0.15) is 12.0 Å². The molecule has 1 aromatic rings. The lowest BCUT2D eigenvalue weighted by Crippen LogP contribution is -2.24. The fourth-order valence-electron chi connectivity index (χ4n) is 1.53. The predicted octanol–water partition coefficient (Wildman–Crippen LogP) is 1.45. The Morgan fingerprint density at radius 1 is 1.40 bits per heavy atom. The molecule has 0 fully saturated rings. The highest BCUT2D eigenvalue weighted by Crippen LogP contribution is 2.40. The number of rotatable bonds is 2. The summed E-state index contributed by atoms with van der Waals surface area (Å²) in [6.45, 7) is 0. The quantitative estimate of drug-likeness (QED) is 0.752. The van der Waals surface area contributed by atoms with Crippen molar-refractivity contribution in [2.75, 3.05) is 0 Å². The molecule has 1 atom stereocenters. The Hall–Kier alpha value is -0.870. The van der Waals surface area contributed by atoms with Crippen LogP contribution in [-0.4, -0.2) is 16.1 Å². The van der Waals surface area contributed by atoms with Gasteiger partial charge in [0.2, 0.25) is 6.29 Å². The summed E-state index contributed by atoms with van der Waals surface area (Å²) in [6, 6.07) is 7.37. The number of hydrogen-bond donors (Lipinski definition) is 2. The summed E-state index contributed by atoms with van der Waals surface area (Å²) in [7, 11) is -4.47. The van der Waals surface area contributed by atoms with Gasteiger partial charge >= 0.3 is 7.82 Å². The van der Waals surface area contributed by atoms with E-state index in [4.69, 9.17) is 14.5 Å². The van der Waals surface area contributed by atoms with Crippen LogP contribution < -0.4 is 4.74 Å². The molecule has 0 aliphatic carbocycles. The molecule has 6 heteroatoms. The van der Waals surface area contributed by atoms with Gasteiger partial charge in [0.25, 0.3) is 0 Å². The van der Waals surface area contributed by atoms with Gasteiger partial charge in [0.1, 0.15) is 5.75 Å². The van der Waals surface area contributed by atoms with Gasteiger partial charge in [0, 0.05) is 6.42 Å². The van der Waals surface area contributed by atoms with E-state index in [1.165, 1.54) is 0 Å². The molecule has 0 aromatic heterocycles. The van der Waals surface area contributed by atoms with Crippen molar-refractivity contribution in [3.05, 3.63) is 29.8 Å². The highest BCUT2D eigenvalue weighted by atomic mass is 31.2. The zero-order valence-electron chi connectivity index (χ0n) is 7.87. The predicted molar refractivity (Wildman–Crippen MR) is 52.3 cm³/mol. The normalized spacial score (nSPS) is 20.5. The van der Waals surface area contributed by atoms with Crippen LogP contribution in [0.25, 0.3) is 0 Å². The number of hydrogen-bond acceptors (Lipinski definition) is 3. The van der Waals surface area contributed by atoms with E-state index < -0.39 is 14.1 Å². The van der Waals surface area contributed by atoms with E-state index in [1.807, 2.05) is 12.1 Å². The topological polar surface area (TPSA) is 76.0 Å². The maximum absolute atomic E-state index is 10.6. The summed E-state index contributed by atoms with van der Waals surface area (Å²) in [5.41, 5.74) is 1.03. The fraction of sp³-hybridized carbons (Fsp3) is 0.333. The molecule has 15 heavy (non-hydrogen) atoms. The molecule has 1 aliphatic heterocycles. The van der Waals surface area contributed by atoms with E-state index in [0.717, 1.165) is 5.56 Å². The maximum Gasteiger partial charge on any atom is 0.472 e. The van der Waals surface area contributed by atoms with Crippen LogP contribution in [-0.2, 0) is 15.5 Å². The molecule has 5 nitrogen and oxygen atoms in total. The Balaban J connectivity index is 2.09. The lowest BCUT2D eigenvalue weighted by atomic mass is 10.1. The fourth-order valence-corrected chi connectivity index (χ4v) is 1.98. The molecule has 0 saturated heterocycles. The number of aryl methyl sites for hydroxylation is 1. The van der Waals surface area contributed by atoms with Gasteiger partial charge in [0.05, 0.1) is 0 Å². The van der Waals surface area contributed by atoms with Gasteiger partial charge in [-0.05, 0) is 18.1 Å². The first kappa shape index (κ1) is 10.6. The molecular formula is C9H11O5P. The second-order valence-electron chi connectivity index (χ2n) is 3.29. The SMILES string of the molecule is O=P(O)(O)OC1CCc2ccccc2O1. The molecule has 1 aliphatic rings. The van der Waals surface area contributed by atoms with Crippen molar-refractivity contribution >= 4 is 7.82 Å². The highest BCUT2D eigenvalue weighted by Gasteiger charge is 2.27. The third-order valence-corrected chi connectivity index (χ3v) is 2.65. The van der Waals surface area contributed by atoms with Crippen molar-refractivity contribution in [1.82, 2.24) is 0 Å². The van der Waals surface area contributed by atoms with Crippen LogP contribution in [0.2, 0.25) is 0 Å². The molecule has 0 spiro atoms. The average Bonchev–Trinajstić information content (AvgIpc) is 2.15. The van der Waals surface area contributed by atoms with Crippen LogP contribution in [0.4, 0.5) is 0 Å². The lowest BCUT2D eigenvalue weighted by molar-refractivity contribution is -0.0290. The molecule has 0 bridgehead atoms. The van der Waals surface area contributed by atoms with E-state index in [-0.39, 0.29) is 0 Å². The third kappa shape index (κ3) is 2.79. The summed E-state index contributed by atoms with van der Waals surface area (Å²) in [5, 5.41) is 0. The summed E-state index contributed by atoms with van der Waals surface area (Å²) in [5.74, 6) is 0.627. The lowest BCUT2D eigenvalue weighted by Gasteiger charge is -2.25. The van der Waals surface area contributed by atoms with Crippen molar-refractivity contribution < 1.29 is 23.6 Å². The second kappa shape index (κ2) is 3.94. The Morgan fingerprint density at radius 3 is 2.87 bits per heavy atom. The summed E-state index contributed by atoms with van der Waals surface area (Å²) < 4.78 is 20.4. The molecular weight excluding hydrogens is 219 g/mol. The molecule has 0 saturated carbocycles. The first-order valence-corrected chi connectivity index (χ1v) is 6.06. The van der Waals surface area contributed by atoms with Gasteiger partial charge in [-0.15, -0.1) is 0 Å². The highest BCUT2D eigenvalue weighted by molar-refractivity contribution is 7.46. The summed E-state index contributed by atoms with van der Waals surface area (Å²) >= 11 is 0. The number of phosphoric acid groups is 1. The Kier molecular flexibility index (Phi) is 2.80. The monoisotopic (exact) mass is 230 g/mol. The van der Waals surface area contributed by atoms with Gasteiger partial charge in [0.15, 0.2) is 0 Å². The Bertz CT molecular complexity index is 399. The molecule has 1 aromatic carbocycles. The van der Waals surface area contributed by atoms with Crippen molar-refractivity contribution in [2.45, 2.75) is 19.1 Å². The number of fused-ring (bicyclic) bond motifs is 1. The van der Waals surface area contributed by atoms with Crippen LogP contribution in [0.3, 0.4) is 0 Å². The largest absolute Gasteiger partial charge is 0.472 e. The smallest absolute Gasteiger partial charge is 0.464 e. The van der Waals surface area contributed by atoms with E-state index in [9.17, 15) is 4.57 Å². The zero-order valence-corrected chi connectivity index (χ0v) is 8.76. The molecule has 0 amide bonds. The Labute approximate surface area is 86.9 Å². The molecule has 2 rings (SSSR count). The first-order valence-electron chi connectivity index (χ1n) is 4.53. The van der Waals surface area contributed by atoms with Gasteiger partial charge in [-0.3, -0.25) is 0 Å². The van der Waals surface area contributed by atoms with Gasteiger partial charge < -0.3 is 14.5 Å². The number of benzene rings is 1. The first-order chi connectivity index (χ1) is 7.04. The zero-order chi connectivity index (χ0) is 10.9. The van der Waals surface area contributed by atoms with E-state index in [2.05, 4.69) is 4.52 Å². The summed E-state index contributed by atoms with van der Waals surface area (Å²) in [4.78, 5) is 17.3. The number of phosphoric ester groups is 1. The third-order valence-electron chi connectivity index (χ3n) is 2.14. The van der Waals surface area contributed by atoms with Crippen molar-refractivity contribution in [1.29, 1.82) is 0 Å². The average molecular weight is 230 g/mol. The van der Waals surface area contributed by atoms with E-state index >= 15 is 0 Å². The van der Waals surface area contributed by atoms with Crippen molar-refractivity contribution in [2.24, 2.45) is 0 Å². The molecule has 0 radical (unpaired) electrons. The maximum atomic E-state index is 10.6. The molecule has 82 valence electrons. The van der Waals surface area contributed by atoms with Crippen LogP contribution in [0, 0.1) is 0 Å². The minimum atomic E-state index is -4.47. The van der Waals surface area contributed by atoms with Crippen LogP contribution in [0.5, 0.6) is 5.75 Å². The minimum Gasteiger partial charge on any atom is -0.464 e. The van der Waals surface area contributed by atoms with Crippen LogP contribution >= 0.6 is 7.82 Å². The van der Waals surface area contributed by atoms with E-state index in [0.29, 0.717) is 18.6 Å². The second-order valence-corrected chi connectivity index (χ2v) is 4.48. The molecule has 2 N–H and O–H groups in total. The van der Waals surface area contributed by atoms with Crippen molar-refractivity contribution in [3.63, 3.8) is 0 Å². The van der Waals surface area contributed by atoms with Crippen LogP contribution in [0.15, 0.2) is 24.3 Å².